The second-order valence-electron chi connectivity index (χ2n) is 9.06. The zero-order valence-corrected chi connectivity index (χ0v) is 21.8. The summed E-state index contributed by atoms with van der Waals surface area (Å²) >= 11 is 12.4. The third-order valence-electron chi connectivity index (χ3n) is 6.31. The highest BCUT2D eigenvalue weighted by Crippen LogP contribution is 2.43. The van der Waals surface area contributed by atoms with Gasteiger partial charge in [0.25, 0.3) is 0 Å². The van der Waals surface area contributed by atoms with Crippen LogP contribution in [0.3, 0.4) is 0 Å². The van der Waals surface area contributed by atoms with Gasteiger partial charge in [0.05, 0.1) is 28.1 Å². The summed E-state index contributed by atoms with van der Waals surface area (Å²) < 4.78 is 16.7. The van der Waals surface area contributed by atoms with Crippen LogP contribution in [0.4, 0.5) is 15.8 Å². The van der Waals surface area contributed by atoms with E-state index in [9.17, 15) is 9.18 Å². The highest BCUT2D eigenvalue weighted by molar-refractivity contribution is 7.80. The van der Waals surface area contributed by atoms with Crippen LogP contribution >= 0.6 is 23.8 Å². The molecule has 2 aromatic carbocycles. The van der Waals surface area contributed by atoms with Crippen LogP contribution in [0, 0.1) is 11.7 Å². The van der Waals surface area contributed by atoms with Crippen LogP contribution in [0.2, 0.25) is 5.02 Å². The molecule has 1 aliphatic rings. The van der Waals surface area contributed by atoms with Gasteiger partial charge in [-0.2, -0.15) is 0 Å². The van der Waals surface area contributed by atoms with Gasteiger partial charge in [-0.25, -0.2) is 4.39 Å². The quantitative estimate of drug-likeness (QED) is 0.279. The number of anilines is 2. The van der Waals surface area contributed by atoms with Crippen molar-refractivity contribution in [3.05, 3.63) is 107 Å². The van der Waals surface area contributed by atoms with Gasteiger partial charge in [-0.15, -0.1) is 0 Å². The van der Waals surface area contributed by atoms with Gasteiger partial charge in [0.1, 0.15) is 11.9 Å². The molecule has 0 radical (unpaired) electrons. The van der Waals surface area contributed by atoms with Gasteiger partial charge in [-0.3, -0.25) is 9.78 Å². The number of pyridine rings is 1. The number of carbonyl (C=O) groups is 1. The predicted molar refractivity (Wildman–Crippen MR) is 149 cm³/mol. The van der Waals surface area contributed by atoms with Crippen molar-refractivity contribution < 1.29 is 9.18 Å². The molecule has 6 nitrogen and oxygen atoms in total. The zero-order chi connectivity index (χ0) is 26.1. The largest absolute Gasteiger partial charge is 0.351 e. The number of hydrogen-bond donors (Lipinski definition) is 2. The third kappa shape index (κ3) is 4.82. The molecule has 2 atom stereocenters. The maximum absolute atomic E-state index is 14.9. The van der Waals surface area contributed by atoms with Crippen molar-refractivity contribution in [1.82, 2.24) is 14.9 Å². The fourth-order valence-corrected chi connectivity index (χ4v) is 5.04. The number of rotatable bonds is 6. The first kappa shape index (κ1) is 24.9. The van der Waals surface area contributed by atoms with E-state index in [2.05, 4.69) is 15.6 Å². The average molecular weight is 534 g/mol. The second-order valence-corrected chi connectivity index (χ2v) is 9.85. The van der Waals surface area contributed by atoms with E-state index < -0.39 is 0 Å². The molecule has 1 aliphatic heterocycles. The lowest BCUT2D eigenvalue weighted by atomic mass is 10.0. The monoisotopic (exact) mass is 533 g/mol. The minimum Gasteiger partial charge on any atom is -0.351 e. The van der Waals surface area contributed by atoms with Crippen molar-refractivity contribution in [3.8, 4) is 5.69 Å². The van der Waals surface area contributed by atoms with Gasteiger partial charge in [0, 0.05) is 29.7 Å². The topological polar surface area (TPSA) is 62.2 Å². The molecule has 5 rings (SSSR count). The molecule has 1 amide bonds. The first-order chi connectivity index (χ1) is 17.8. The Balaban J connectivity index is 1.61. The molecule has 0 unspecified atom stereocenters. The molecule has 0 bridgehead atoms. The fourth-order valence-electron chi connectivity index (χ4n) is 4.47. The van der Waals surface area contributed by atoms with E-state index in [1.54, 1.807) is 36.5 Å². The lowest BCUT2D eigenvalue weighted by Crippen LogP contribution is -2.30. The SMILES string of the molecule is CC(C)C(=O)Nc1ccc(N2C(=S)N[C@@H](c3ccccn3)[C@H]2c2cccn2-c2ccccc2F)cc1Cl. The molecule has 188 valence electrons. The van der Waals surface area contributed by atoms with E-state index in [0.29, 0.717) is 21.5 Å². The molecule has 1 fully saturated rings. The first-order valence-corrected chi connectivity index (χ1v) is 12.7. The fraction of sp³-hybridized carbons (Fsp3) is 0.179. The normalized spacial score (nSPS) is 17.2. The van der Waals surface area contributed by atoms with Crippen LogP contribution in [0.15, 0.2) is 85.2 Å². The number of carbonyl (C=O) groups excluding carboxylic acids is 1. The summed E-state index contributed by atoms with van der Waals surface area (Å²) in [6.45, 7) is 3.64. The third-order valence-corrected chi connectivity index (χ3v) is 6.93. The molecule has 0 spiro atoms. The number of amides is 1. The van der Waals surface area contributed by atoms with Crippen LogP contribution in [-0.2, 0) is 4.79 Å². The van der Waals surface area contributed by atoms with Gasteiger partial charge in [0.15, 0.2) is 5.11 Å². The summed E-state index contributed by atoms with van der Waals surface area (Å²) in [7, 11) is 0. The number of nitrogens with one attached hydrogen (secondary N) is 2. The van der Waals surface area contributed by atoms with Crippen molar-refractivity contribution in [2.45, 2.75) is 25.9 Å². The van der Waals surface area contributed by atoms with Crippen molar-refractivity contribution in [2.24, 2.45) is 5.92 Å². The summed E-state index contributed by atoms with van der Waals surface area (Å²) in [6, 6.07) is 20.9. The maximum atomic E-state index is 14.9. The van der Waals surface area contributed by atoms with Crippen LogP contribution in [0.5, 0.6) is 0 Å². The summed E-state index contributed by atoms with van der Waals surface area (Å²) in [4.78, 5) is 18.8. The molecule has 9 heteroatoms. The molecular formula is C28H25ClFN5OS. The minimum absolute atomic E-state index is 0.121. The number of aromatic nitrogens is 2. The molecule has 0 saturated carbocycles. The molecule has 2 N–H and O–H groups in total. The van der Waals surface area contributed by atoms with Crippen molar-refractivity contribution in [3.63, 3.8) is 0 Å². The summed E-state index contributed by atoms with van der Waals surface area (Å²) in [6.07, 6.45) is 3.57. The summed E-state index contributed by atoms with van der Waals surface area (Å²) in [5, 5.41) is 7.13. The standard InChI is InChI=1S/C28H25ClFN5OS/c1-17(2)27(36)32-21-13-12-18(16-19(21)29)35-26(25(33-28(35)37)22-9-5-6-14-31-22)24-11-7-15-34(24)23-10-4-3-8-20(23)30/h3-17,25-26H,1-2H3,(H,32,36)(H,33,37)/t25-,26+/m0/s1. The number of thiocarbonyl (C=S) groups is 1. The Labute approximate surface area is 225 Å². The summed E-state index contributed by atoms with van der Waals surface area (Å²) in [5.74, 6) is -0.632. The molecule has 0 aliphatic carbocycles. The highest BCUT2D eigenvalue weighted by atomic mass is 35.5. The van der Waals surface area contributed by atoms with Crippen molar-refractivity contribution in [1.29, 1.82) is 0 Å². The van der Waals surface area contributed by atoms with Gasteiger partial charge < -0.3 is 20.1 Å². The van der Waals surface area contributed by atoms with Crippen LogP contribution in [-0.4, -0.2) is 20.6 Å². The minimum atomic E-state index is -0.371. The molecule has 2 aromatic heterocycles. The predicted octanol–water partition coefficient (Wildman–Crippen LogP) is 6.44. The molecule has 4 aromatic rings. The van der Waals surface area contributed by atoms with E-state index in [1.807, 2.05) is 65.9 Å². The smallest absolute Gasteiger partial charge is 0.226 e. The number of para-hydroxylation sites is 1. The highest BCUT2D eigenvalue weighted by Gasteiger charge is 2.42. The van der Waals surface area contributed by atoms with Gasteiger partial charge in [-0.05, 0) is 66.8 Å². The average Bonchev–Trinajstić information content (AvgIpc) is 3.50. The number of benzene rings is 2. The molecule has 37 heavy (non-hydrogen) atoms. The Kier molecular flexibility index (Phi) is 6.95. The first-order valence-electron chi connectivity index (χ1n) is 11.9. The van der Waals surface area contributed by atoms with Gasteiger partial charge in [-0.1, -0.05) is 43.6 Å². The lowest BCUT2D eigenvalue weighted by Gasteiger charge is -2.29. The Morgan fingerprint density at radius 2 is 1.89 bits per heavy atom. The Hall–Kier alpha value is -3.75. The van der Waals surface area contributed by atoms with E-state index >= 15 is 0 Å². The summed E-state index contributed by atoms with van der Waals surface area (Å²) in [5.41, 5.74) is 3.31. The number of hydrogen-bond acceptors (Lipinski definition) is 3. The van der Waals surface area contributed by atoms with E-state index in [4.69, 9.17) is 23.8 Å². The Morgan fingerprint density at radius 1 is 1.11 bits per heavy atom. The van der Waals surface area contributed by atoms with E-state index in [-0.39, 0.29) is 29.7 Å². The van der Waals surface area contributed by atoms with Crippen LogP contribution < -0.4 is 15.5 Å². The maximum Gasteiger partial charge on any atom is 0.226 e. The number of halogens is 2. The molecular weight excluding hydrogens is 509 g/mol. The van der Waals surface area contributed by atoms with Crippen molar-refractivity contribution in [2.75, 3.05) is 10.2 Å². The second kappa shape index (κ2) is 10.3. The van der Waals surface area contributed by atoms with Gasteiger partial charge >= 0.3 is 0 Å². The Morgan fingerprint density at radius 3 is 2.59 bits per heavy atom. The van der Waals surface area contributed by atoms with Crippen LogP contribution in [0.1, 0.15) is 37.3 Å². The molecule has 3 heterocycles. The van der Waals surface area contributed by atoms with Crippen LogP contribution in [0.25, 0.3) is 5.69 Å². The van der Waals surface area contributed by atoms with Gasteiger partial charge in [0.2, 0.25) is 5.91 Å². The van der Waals surface area contributed by atoms with E-state index in [1.165, 1.54) is 6.07 Å². The number of nitrogens with zero attached hydrogens (tertiary/aromatic N) is 3. The van der Waals surface area contributed by atoms with Crippen molar-refractivity contribution >= 4 is 46.2 Å². The van der Waals surface area contributed by atoms with E-state index in [0.717, 1.165) is 17.1 Å². The lowest BCUT2D eigenvalue weighted by molar-refractivity contribution is -0.118. The molecule has 1 saturated heterocycles. The zero-order valence-electron chi connectivity index (χ0n) is 20.2. The Bertz CT molecular complexity index is 1460.